The van der Waals surface area contributed by atoms with Gasteiger partial charge in [0.15, 0.2) is 0 Å². The minimum Gasteiger partial charge on any atom is -0.356 e. The van der Waals surface area contributed by atoms with E-state index >= 15 is 0 Å². The largest absolute Gasteiger partial charge is 0.356 e. The van der Waals surface area contributed by atoms with Crippen molar-refractivity contribution < 1.29 is 0 Å². The molecule has 0 N–H and O–H groups in total. The summed E-state index contributed by atoms with van der Waals surface area (Å²) < 4.78 is 0. The van der Waals surface area contributed by atoms with Crippen LogP contribution in [0.25, 0.3) is 0 Å². The third-order valence-electron chi connectivity index (χ3n) is 2.30. The molecule has 2 rings (SSSR count). The third kappa shape index (κ3) is 2.10. The summed E-state index contributed by atoms with van der Waals surface area (Å²) in [5, 5.41) is 0.524. The van der Waals surface area contributed by atoms with Gasteiger partial charge < -0.3 is 4.90 Å². The zero-order chi connectivity index (χ0) is 9.10. The average molecular weight is 198 g/mol. The number of hydrogen-bond acceptors (Lipinski definition) is 3. The lowest BCUT2D eigenvalue weighted by Gasteiger charge is -2.27. The minimum absolute atomic E-state index is 0.524. The van der Waals surface area contributed by atoms with Gasteiger partial charge in [-0.1, -0.05) is 11.6 Å². The summed E-state index contributed by atoms with van der Waals surface area (Å²) >= 11 is 5.79. The van der Waals surface area contributed by atoms with Gasteiger partial charge >= 0.3 is 0 Å². The van der Waals surface area contributed by atoms with E-state index < -0.39 is 0 Å². The molecule has 0 aliphatic carbocycles. The molecular weight excluding hydrogens is 186 g/mol. The van der Waals surface area contributed by atoms with E-state index in [1.54, 1.807) is 0 Å². The number of aromatic nitrogens is 2. The molecule has 0 unspecified atom stereocenters. The van der Waals surface area contributed by atoms with Gasteiger partial charge in [-0.15, -0.1) is 0 Å². The Kier molecular flexibility index (Phi) is 2.64. The molecule has 4 heteroatoms. The Bertz CT molecular complexity index is 284. The Morgan fingerprint density at radius 1 is 1.15 bits per heavy atom. The molecule has 13 heavy (non-hydrogen) atoms. The molecule has 1 aliphatic heterocycles. The van der Waals surface area contributed by atoms with Crippen molar-refractivity contribution in [1.82, 2.24) is 9.97 Å². The summed E-state index contributed by atoms with van der Waals surface area (Å²) in [6.07, 6.45) is 5.35. The molecule has 2 heterocycles. The molecule has 1 saturated heterocycles. The summed E-state index contributed by atoms with van der Waals surface area (Å²) in [6.45, 7) is 2.18. The van der Waals surface area contributed by atoms with Crippen molar-refractivity contribution in [2.45, 2.75) is 19.3 Å². The van der Waals surface area contributed by atoms with E-state index in [2.05, 4.69) is 14.9 Å². The summed E-state index contributed by atoms with van der Waals surface area (Å²) in [4.78, 5) is 10.3. The van der Waals surface area contributed by atoms with Crippen LogP contribution in [0, 0.1) is 0 Å². The minimum atomic E-state index is 0.524. The van der Waals surface area contributed by atoms with Gasteiger partial charge in [-0.05, 0) is 19.3 Å². The first-order chi connectivity index (χ1) is 6.36. The summed E-state index contributed by atoms with van der Waals surface area (Å²) in [5.41, 5.74) is 0. The number of anilines is 1. The maximum absolute atomic E-state index is 5.79. The SMILES string of the molecule is Clc1cc(N2CCCCC2)ncn1. The molecule has 1 aliphatic rings. The fourth-order valence-electron chi connectivity index (χ4n) is 1.62. The highest BCUT2D eigenvalue weighted by molar-refractivity contribution is 6.29. The number of nitrogens with zero attached hydrogens (tertiary/aromatic N) is 3. The summed E-state index contributed by atoms with van der Waals surface area (Å²) in [7, 11) is 0. The first-order valence-electron chi connectivity index (χ1n) is 4.59. The van der Waals surface area contributed by atoms with Crippen molar-refractivity contribution in [3.05, 3.63) is 17.5 Å². The number of rotatable bonds is 1. The van der Waals surface area contributed by atoms with Crippen LogP contribution in [0.2, 0.25) is 5.15 Å². The van der Waals surface area contributed by atoms with E-state index in [1.165, 1.54) is 25.6 Å². The predicted octanol–water partition coefficient (Wildman–Crippen LogP) is 2.12. The van der Waals surface area contributed by atoms with Gasteiger partial charge in [-0.2, -0.15) is 0 Å². The van der Waals surface area contributed by atoms with Gasteiger partial charge in [-0.3, -0.25) is 0 Å². The topological polar surface area (TPSA) is 29.0 Å². The normalized spacial score (nSPS) is 17.5. The highest BCUT2D eigenvalue weighted by atomic mass is 35.5. The zero-order valence-corrected chi connectivity index (χ0v) is 8.17. The second-order valence-corrected chi connectivity index (χ2v) is 3.63. The molecule has 1 aromatic rings. The van der Waals surface area contributed by atoms with Crippen LogP contribution in [0.1, 0.15) is 19.3 Å². The van der Waals surface area contributed by atoms with E-state index in [4.69, 9.17) is 11.6 Å². The average Bonchev–Trinajstić information content (AvgIpc) is 2.19. The van der Waals surface area contributed by atoms with Crippen molar-refractivity contribution >= 4 is 17.4 Å². The van der Waals surface area contributed by atoms with E-state index in [9.17, 15) is 0 Å². The molecule has 0 atom stereocenters. The lowest BCUT2D eigenvalue weighted by atomic mass is 10.1. The smallest absolute Gasteiger partial charge is 0.134 e. The van der Waals surface area contributed by atoms with E-state index in [1.807, 2.05) is 6.07 Å². The van der Waals surface area contributed by atoms with Gasteiger partial charge in [0.05, 0.1) is 0 Å². The predicted molar refractivity (Wildman–Crippen MR) is 53.1 cm³/mol. The summed E-state index contributed by atoms with van der Waals surface area (Å²) in [6, 6.07) is 1.83. The monoisotopic (exact) mass is 197 g/mol. The highest BCUT2D eigenvalue weighted by Gasteiger charge is 2.11. The molecule has 3 nitrogen and oxygen atoms in total. The van der Waals surface area contributed by atoms with Gasteiger partial charge in [0.1, 0.15) is 17.3 Å². The first-order valence-corrected chi connectivity index (χ1v) is 4.96. The van der Waals surface area contributed by atoms with E-state index in [0.717, 1.165) is 18.9 Å². The van der Waals surface area contributed by atoms with Gasteiger partial charge in [0.2, 0.25) is 0 Å². The second kappa shape index (κ2) is 3.92. The fraction of sp³-hybridized carbons (Fsp3) is 0.556. The molecule has 70 valence electrons. The van der Waals surface area contributed by atoms with Crippen LogP contribution in [0.5, 0.6) is 0 Å². The molecule has 1 aromatic heterocycles. The Morgan fingerprint density at radius 2 is 1.92 bits per heavy atom. The maximum Gasteiger partial charge on any atom is 0.134 e. The molecule has 0 saturated carbocycles. The molecule has 1 fully saturated rings. The number of halogens is 1. The van der Waals surface area contributed by atoms with Crippen LogP contribution in [0.3, 0.4) is 0 Å². The second-order valence-electron chi connectivity index (χ2n) is 3.25. The number of hydrogen-bond donors (Lipinski definition) is 0. The third-order valence-corrected chi connectivity index (χ3v) is 2.51. The molecule has 0 amide bonds. The van der Waals surface area contributed by atoms with Gasteiger partial charge in [0.25, 0.3) is 0 Å². The Balaban J connectivity index is 2.14. The molecule has 0 bridgehead atoms. The molecular formula is C9H12ClN3. The van der Waals surface area contributed by atoms with Crippen molar-refractivity contribution in [1.29, 1.82) is 0 Å². The van der Waals surface area contributed by atoms with Crippen LogP contribution in [-0.4, -0.2) is 23.1 Å². The Labute approximate surface area is 82.8 Å². The van der Waals surface area contributed by atoms with E-state index in [-0.39, 0.29) is 0 Å². The quantitative estimate of drug-likeness (QED) is 0.646. The lowest BCUT2D eigenvalue weighted by Crippen LogP contribution is -2.30. The number of piperidine rings is 1. The molecule has 0 spiro atoms. The van der Waals surface area contributed by atoms with Gasteiger partial charge in [-0.25, -0.2) is 9.97 Å². The van der Waals surface area contributed by atoms with Crippen molar-refractivity contribution in [3.8, 4) is 0 Å². The Morgan fingerprint density at radius 3 is 2.62 bits per heavy atom. The van der Waals surface area contributed by atoms with E-state index in [0.29, 0.717) is 5.15 Å². The standard InChI is InChI=1S/C9H12ClN3/c10-8-6-9(12-7-11-8)13-4-2-1-3-5-13/h6-7H,1-5H2. The first kappa shape index (κ1) is 8.75. The molecule has 0 radical (unpaired) electrons. The van der Waals surface area contributed by atoms with Gasteiger partial charge in [0, 0.05) is 19.2 Å². The highest BCUT2D eigenvalue weighted by Crippen LogP contribution is 2.18. The molecule has 0 aromatic carbocycles. The lowest BCUT2D eigenvalue weighted by molar-refractivity contribution is 0.573. The summed E-state index contributed by atoms with van der Waals surface area (Å²) in [5.74, 6) is 0.958. The van der Waals surface area contributed by atoms with Crippen molar-refractivity contribution in [3.63, 3.8) is 0 Å². The Hall–Kier alpha value is -0.830. The van der Waals surface area contributed by atoms with Crippen LogP contribution in [0.15, 0.2) is 12.4 Å². The fourth-order valence-corrected chi connectivity index (χ4v) is 1.76. The maximum atomic E-state index is 5.79. The zero-order valence-electron chi connectivity index (χ0n) is 7.41. The van der Waals surface area contributed by atoms with Crippen LogP contribution >= 0.6 is 11.6 Å². The van der Waals surface area contributed by atoms with Crippen molar-refractivity contribution in [2.75, 3.05) is 18.0 Å². The van der Waals surface area contributed by atoms with Crippen LogP contribution in [-0.2, 0) is 0 Å². The van der Waals surface area contributed by atoms with Crippen LogP contribution < -0.4 is 4.90 Å². The van der Waals surface area contributed by atoms with Crippen molar-refractivity contribution in [2.24, 2.45) is 0 Å². The van der Waals surface area contributed by atoms with Crippen LogP contribution in [0.4, 0.5) is 5.82 Å².